The largest absolute Gasteiger partial charge is 0.512 e. The van der Waals surface area contributed by atoms with Crippen LogP contribution in [0.2, 0.25) is 0 Å². The Balaban J connectivity index is 0.00000660. The van der Waals surface area contributed by atoms with Crippen LogP contribution in [-0.2, 0) is 31.3 Å². The minimum atomic E-state index is -2.38. The normalized spacial score (nSPS) is 13.2. The molecule has 12 rings (SSSR count). The average molecular weight is 1130 g/mol. The molecule has 0 aliphatic rings. The van der Waals surface area contributed by atoms with Gasteiger partial charge in [-0.25, -0.2) is 4.98 Å². The number of benzene rings is 7. The van der Waals surface area contributed by atoms with Gasteiger partial charge in [0.2, 0.25) is 5.71 Å². The minimum absolute atomic E-state index is 0. The Hall–Kier alpha value is -8.55. The van der Waals surface area contributed by atoms with Crippen molar-refractivity contribution >= 4 is 49.8 Å². The summed E-state index contributed by atoms with van der Waals surface area (Å²) in [7, 11) is 0. The summed E-state index contributed by atoms with van der Waals surface area (Å²) < 4.78 is 59.9. The van der Waals surface area contributed by atoms with Crippen molar-refractivity contribution in [3.05, 3.63) is 223 Å². The monoisotopic (exact) mass is 1130 g/mol. The first kappa shape index (κ1) is 40.1. The van der Waals surface area contributed by atoms with E-state index in [2.05, 4.69) is 65.6 Å². The second-order valence-corrected chi connectivity index (χ2v) is 17.8. The van der Waals surface area contributed by atoms with E-state index in [-0.39, 0.29) is 55.0 Å². The number of aliphatic hydroxyl groups excluding tert-OH is 1. The zero-order chi connectivity index (χ0) is 53.9. The van der Waals surface area contributed by atoms with Crippen molar-refractivity contribution in [3.63, 3.8) is 0 Å². The maximum atomic E-state index is 12.9. The standard InChI is InChI=1S/C65H45N3O4.Ir/c1-39-22-28-54-55-18-10-20-58(63(55)71-62(54)32-39)60-30-25-43(37-66-60)50-14-6-8-16-52(50)46-34-45(49-13-5-4-12-42(49)24-27-48(70)33-41(3)69)35-47(36-46)53-17-9-7-15-51(53)44-26-31-61(67-38-44)59-21-11-19-56-57-29-23-40(2)68-65(57)72-64(56)59;/h4-19,22-23,25-26,28-38,69H,24,27H2,1-3H3;/q-2;/b41-33-;/i1D3,2D3;. The number of pyridine rings is 3. The van der Waals surface area contributed by atoms with Crippen LogP contribution in [0.3, 0.4) is 0 Å². The number of aromatic nitrogens is 3. The molecule has 0 fully saturated rings. The zero-order valence-corrected chi connectivity index (χ0v) is 41.6. The van der Waals surface area contributed by atoms with Gasteiger partial charge < -0.3 is 23.9 Å². The predicted molar refractivity (Wildman–Crippen MR) is 289 cm³/mol. The van der Waals surface area contributed by atoms with E-state index in [0.29, 0.717) is 51.1 Å². The molecule has 0 saturated carbocycles. The van der Waals surface area contributed by atoms with Crippen LogP contribution in [0.25, 0.3) is 122 Å². The predicted octanol–water partition coefficient (Wildman–Crippen LogP) is 16.5. The van der Waals surface area contributed by atoms with Crippen molar-refractivity contribution in [2.75, 3.05) is 0 Å². The molecular weight excluding hydrogens is 1080 g/mol. The Morgan fingerprint density at radius 2 is 1.14 bits per heavy atom. The molecule has 5 heterocycles. The molecule has 0 atom stereocenters. The second-order valence-electron chi connectivity index (χ2n) is 17.8. The molecule has 8 heteroatoms. The van der Waals surface area contributed by atoms with E-state index in [9.17, 15) is 9.90 Å². The number of furan rings is 2. The van der Waals surface area contributed by atoms with Crippen molar-refractivity contribution < 1.29 is 47.1 Å². The Labute approximate surface area is 444 Å². The topological polar surface area (TPSA) is 102 Å². The number of fused-ring (bicyclic) bond motifs is 6. The molecule has 5 aromatic heterocycles. The molecule has 0 aliphatic heterocycles. The third-order valence-corrected chi connectivity index (χ3v) is 13.1. The van der Waals surface area contributed by atoms with Crippen molar-refractivity contribution in [2.24, 2.45) is 0 Å². The molecule has 0 spiro atoms. The average Bonchev–Trinajstić information content (AvgIpc) is 4.12. The van der Waals surface area contributed by atoms with Gasteiger partial charge in [-0.1, -0.05) is 131 Å². The summed E-state index contributed by atoms with van der Waals surface area (Å²) in [5, 5.41) is 13.0. The van der Waals surface area contributed by atoms with Crippen LogP contribution in [0.4, 0.5) is 0 Å². The van der Waals surface area contributed by atoms with Crippen molar-refractivity contribution in [1.82, 2.24) is 15.0 Å². The number of nitrogens with zero attached hydrogens (tertiary/aromatic N) is 3. The fraction of sp³-hybridized carbons (Fsp3) is 0.0769. The number of hydrogen-bond acceptors (Lipinski definition) is 7. The first-order valence-electron chi connectivity index (χ1n) is 26.5. The molecule has 0 amide bonds. The molecule has 0 unspecified atom stereocenters. The van der Waals surface area contributed by atoms with Gasteiger partial charge in [0.25, 0.3) is 0 Å². The first-order valence-corrected chi connectivity index (χ1v) is 23.5. The van der Waals surface area contributed by atoms with Gasteiger partial charge in [0.05, 0.1) is 16.9 Å². The Morgan fingerprint density at radius 1 is 0.589 bits per heavy atom. The van der Waals surface area contributed by atoms with Crippen LogP contribution in [0.5, 0.6) is 0 Å². The van der Waals surface area contributed by atoms with E-state index in [1.54, 1.807) is 30.3 Å². The quantitative estimate of drug-likeness (QED) is 0.0782. The number of aliphatic hydroxyl groups is 1. The zero-order valence-electron chi connectivity index (χ0n) is 45.2. The van der Waals surface area contributed by atoms with Gasteiger partial charge in [0, 0.05) is 69.7 Å². The Kier molecular flexibility index (Phi) is 10.7. The van der Waals surface area contributed by atoms with E-state index < -0.39 is 13.7 Å². The number of allylic oxidation sites excluding steroid dienone is 2. The van der Waals surface area contributed by atoms with Gasteiger partial charge in [-0.15, -0.1) is 36.4 Å². The molecule has 7 aromatic carbocycles. The minimum Gasteiger partial charge on any atom is -0.512 e. The fourth-order valence-electron chi connectivity index (χ4n) is 9.80. The number of carbonyl (C=O) groups is 1. The fourth-order valence-corrected chi connectivity index (χ4v) is 9.80. The van der Waals surface area contributed by atoms with Crippen LogP contribution < -0.4 is 0 Å². The molecule has 1 N–H and O–H groups in total. The third-order valence-electron chi connectivity index (χ3n) is 13.1. The Morgan fingerprint density at radius 3 is 1.71 bits per heavy atom. The summed E-state index contributed by atoms with van der Waals surface area (Å²) in [5.41, 5.74) is 14.9. The van der Waals surface area contributed by atoms with E-state index in [4.69, 9.17) is 27.0 Å². The van der Waals surface area contributed by atoms with E-state index in [0.717, 1.165) is 77.4 Å². The molecule has 0 aliphatic carbocycles. The third kappa shape index (κ3) is 8.97. The molecule has 0 bridgehead atoms. The SMILES string of the molecule is [2H]C([2H])([2H])c1ccc2c(c1)oc1c(-c3ccc(-c4ccccc4-c4cc(-c5ccccc5CCC(=O)/C=C(/C)O)cc(-c5ccccc5-c5ccc(-c6[c-]ccc7c6oc6nc(C([2H])([2H])[2H])ccc67)nc5)c4)cn3)[c-]ccc12.[Ir]. The maximum absolute atomic E-state index is 12.9. The number of carbonyl (C=O) groups excluding carboxylic acids is 1. The molecule has 7 nitrogen and oxygen atoms in total. The van der Waals surface area contributed by atoms with Crippen molar-refractivity contribution in [2.45, 2.75) is 33.5 Å². The summed E-state index contributed by atoms with van der Waals surface area (Å²) >= 11 is 0. The molecule has 355 valence electrons. The van der Waals surface area contributed by atoms with Crippen molar-refractivity contribution in [3.8, 4) is 78.1 Å². The molecule has 12 aromatic rings. The van der Waals surface area contributed by atoms with Crippen LogP contribution >= 0.6 is 0 Å². The van der Waals surface area contributed by atoms with Crippen molar-refractivity contribution in [1.29, 1.82) is 0 Å². The van der Waals surface area contributed by atoms with Crippen LogP contribution in [0.15, 0.2) is 203 Å². The Bertz CT molecular complexity index is 4110. The second kappa shape index (κ2) is 19.6. The van der Waals surface area contributed by atoms with Crippen LogP contribution in [-0.4, -0.2) is 25.8 Å². The number of hydrogen-bond donors (Lipinski definition) is 1. The van der Waals surface area contributed by atoms with Crippen LogP contribution in [0.1, 0.15) is 38.4 Å². The summed E-state index contributed by atoms with van der Waals surface area (Å²) in [6.45, 7) is -3.16. The first-order chi connectivity index (χ1) is 37.6. The van der Waals surface area contributed by atoms with Gasteiger partial charge in [0.15, 0.2) is 5.78 Å². The van der Waals surface area contributed by atoms with Gasteiger partial charge in [-0.05, 0) is 142 Å². The summed E-state index contributed by atoms with van der Waals surface area (Å²) in [4.78, 5) is 27.1. The van der Waals surface area contributed by atoms with Crippen LogP contribution in [0, 0.1) is 25.8 Å². The smallest absolute Gasteiger partial charge is 0.216 e. The summed E-state index contributed by atoms with van der Waals surface area (Å²) in [6, 6.07) is 61.3. The van der Waals surface area contributed by atoms with E-state index in [1.807, 2.05) is 97.3 Å². The number of aryl methyl sites for hydroxylation is 3. The van der Waals surface area contributed by atoms with E-state index >= 15 is 0 Å². The molecule has 73 heavy (non-hydrogen) atoms. The summed E-state index contributed by atoms with van der Waals surface area (Å²) in [5.74, 6) is -0.188. The number of ketones is 1. The molecule has 1 radical (unpaired) electrons. The maximum Gasteiger partial charge on any atom is 0.216 e. The molecular formula is C65H45IrN3O4-2. The van der Waals surface area contributed by atoms with Gasteiger partial charge >= 0.3 is 0 Å². The number of rotatable bonds is 11. The van der Waals surface area contributed by atoms with E-state index in [1.165, 1.54) is 19.1 Å². The summed E-state index contributed by atoms with van der Waals surface area (Å²) in [6.07, 6.45) is 5.63. The van der Waals surface area contributed by atoms with Gasteiger partial charge in [-0.3, -0.25) is 4.79 Å². The van der Waals surface area contributed by atoms with Gasteiger partial charge in [-0.2, -0.15) is 0 Å². The van der Waals surface area contributed by atoms with Gasteiger partial charge in [0.1, 0.15) is 5.58 Å². The molecule has 0 saturated heterocycles.